The molecule has 0 N–H and O–H groups in total. The van der Waals surface area contributed by atoms with E-state index in [1.165, 1.54) is 11.0 Å². The summed E-state index contributed by atoms with van der Waals surface area (Å²) in [5, 5.41) is -0.00139. The molecule has 2 heterocycles. The molecule has 2 fully saturated rings. The number of halogens is 2. The highest BCUT2D eigenvalue weighted by Gasteiger charge is 2.48. The van der Waals surface area contributed by atoms with E-state index in [1.807, 2.05) is 0 Å². The van der Waals surface area contributed by atoms with E-state index in [0.717, 1.165) is 11.0 Å². The Morgan fingerprint density at radius 1 is 1.50 bits per heavy atom. The van der Waals surface area contributed by atoms with E-state index in [0.29, 0.717) is 6.61 Å². The van der Waals surface area contributed by atoms with Crippen LogP contribution in [0.2, 0.25) is 5.02 Å². The van der Waals surface area contributed by atoms with Crippen molar-refractivity contribution in [2.24, 2.45) is 0 Å². The van der Waals surface area contributed by atoms with Crippen LogP contribution in [-0.2, 0) is 9.53 Å². The van der Waals surface area contributed by atoms with Crippen LogP contribution in [0.1, 0.15) is 6.92 Å². The average molecular weight is 353 g/mol. The van der Waals surface area contributed by atoms with Crippen molar-refractivity contribution in [2.75, 3.05) is 24.7 Å². The third-order valence-electron chi connectivity index (χ3n) is 3.85. The number of amides is 3. The van der Waals surface area contributed by atoms with Gasteiger partial charge in [-0.3, -0.25) is 4.79 Å². The van der Waals surface area contributed by atoms with Crippen molar-refractivity contribution >= 4 is 29.2 Å². The van der Waals surface area contributed by atoms with Gasteiger partial charge >= 0.3 is 6.03 Å². The van der Waals surface area contributed by atoms with Gasteiger partial charge in [0.25, 0.3) is 5.91 Å². The molecule has 8 heteroatoms. The second kappa shape index (κ2) is 6.30. The number of rotatable bonds is 3. The molecule has 2 saturated heterocycles. The van der Waals surface area contributed by atoms with E-state index >= 15 is 0 Å². The van der Waals surface area contributed by atoms with Gasteiger partial charge in [-0.1, -0.05) is 17.5 Å². The lowest BCUT2D eigenvalue weighted by Crippen LogP contribution is -2.45. The third-order valence-corrected chi connectivity index (χ3v) is 4.15. The highest BCUT2D eigenvalue weighted by Crippen LogP contribution is 2.36. The number of nitrogens with zero attached hydrogens (tertiary/aromatic N) is 2. The normalized spacial score (nSPS) is 21.5. The van der Waals surface area contributed by atoms with E-state index in [4.69, 9.17) is 27.5 Å². The Morgan fingerprint density at radius 2 is 2.25 bits per heavy atom. The van der Waals surface area contributed by atoms with Crippen molar-refractivity contribution in [3.8, 4) is 18.1 Å². The van der Waals surface area contributed by atoms with E-state index in [1.54, 1.807) is 6.92 Å². The van der Waals surface area contributed by atoms with Gasteiger partial charge in [0.1, 0.15) is 17.6 Å². The van der Waals surface area contributed by atoms with Crippen LogP contribution in [-0.4, -0.2) is 48.7 Å². The second-order valence-electron chi connectivity index (χ2n) is 5.40. The largest absolute Gasteiger partial charge is 0.476 e. The van der Waals surface area contributed by atoms with Gasteiger partial charge in [-0.15, -0.1) is 6.42 Å². The molecule has 0 spiro atoms. The maximum absolute atomic E-state index is 14.3. The minimum atomic E-state index is -0.803. The Balaban J connectivity index is 1.99. The van der Waals surface area contributed by atoms with E-state index in [-0.39, 0.29) is 29.6 Å². The number of urea groups is 1. The van der Waals surface area contributed by atoms with Crippen molar-refractivity contribution in [3.05, 3.63) is 23.0 Å². The summed E-state index contributed by atoms with van der Waals surface area (Å²) in [6, 6.07) is 0.866. The van der Waals surface area contributed by atoms with Gasteiger partial charge in [0, 0.05) is 12.6 Å². The van der Waals surface area contributed by atoms with Crippen LogP contribution in [0.15, 0.2) is 12.1 Å². The van der Waals surface area contributed by atoms with Crippen molar-refractivity contribution < 1.29 is 23.5 Å². The third kappa shape index (κ3) is 2.68. The summed E-state index contributed by atoms with van der Waals surface area (Å²) in [5.41, 5.74) is -0.219. The summed E-state index contributed by atoms with van der Waals surface area (Å²) in [6.07, 6.45) is 4.65. The fourth-order valence-corrected chi connectivity index (χ4v) is 2.83. The molecule has 3 amide bonds. The van der Waals surface area contributed by atoms with Gasteiger partial charge < -0.3 is 14.4 Å². The Morgan fingerprint density at radius 3 is 2.92 bits per heavy atom. The summed E-state index contributed by atoms with van der Waals surface area (Å²) in [6.45, 7) is 2.32. The number of morpholine rings is 1. The highest BCUT2D eigenvalue weighted by molar-refractivity contribution is 6.32. The molecule has 126 valence electrons. The number of imide groups is 1. The first kappa shape index (κ1) is 16.6. The number of anilines is 1. The van der Waals surface area contributed by atoms with Gasteiger partial charge in [-0.2, -0.15) is 0 Å². The Kier molecular flexibility index (Phi) is 4.35. The predicted octanol–water partition coefficient (Wildman–Crippen LogP) is 2.05. The zero-order valence-corrected chi connectivity index (χ0v) is 13.5. The summed E-state index contributed by atoms with van der Waals surface area (Å²) < 4.78 is 25.0. The van der Waals surface area contributed by atoms with Crippen molar-refractivity contribution in [1.82, 2.24) is 4.90 Å². The zero-order chi connectivity index (χ0) is 17.4. The predicted molar refractivity (Wildman–Crippen MR) is 84.5 cm³/mol. The molecule has 1 aromatic rings. The molecule has 2 aliphatic rings. The second-order valence-corrected chi connectivity index (χ2v) is 5.81. The van der Waals surface area contributed by atoms with Crippen LogP contribution in [0.5, 0.6) is 5.75 Å². The molecular formula is C16H14ClFN2O4. The standard InChI is InChI=1S/C16H14ClFN2O4/c1-3-9(2)24-14-7-12(11(18)6-10(14)17)20-15(21)13-8-23-5-4-19(13)16(20)22/h1,6-7,9,13H,4-5,8H2,2H3. The monoisotopic (exact) mass is 352 g/mol. The molecule has 0 aliphatic carbocycles. The molecule has 0 saturated carbocycles. The number of hydrogen-bond acceptors (Lipinski definition) is 4. The van der Waals surface area contributed by atoms with Gasteiger partial charge in [0.15, 0.2) is 6.10 Å². The van der Waals surface area contributed by atoms with Gasteiger partial charge in [0.2, 0.25) is 0 Å². The summed E-state index contributed by atoms with van der Waals surface area (Å²) in [7, 11) is 0. The van der Waals surface area contributed by atoms with E-state index in [9.17, 15) is 14.0 Å². The summed E-state index contributed by atoms with van der Waals surface area (Å²) >= 11 is 5.95. The summed E-state index contributed by atoms with van der Waals surface area (Å²) in [5.74, 6) is 1.11. The number of hydrogen-bond donors (Lipinski definition) is 0. The summed E-state index contributed by atoms with van der Waals surface area (Å²) in [4.78, 5) is 27.1. The molecule has 0 aromatic heterocycles. The number of fused-ring (bicyclic) bond motifs is 1. The lowest BCUT2D eigenvalue weighted by atomic mass is 10.2. The minimum Gasteiger partial charge on any atom is -0.476 e. The fourth-order valence-electron chi connectivity index (χ4n) is 2.64. The molecule has 0 radical (unpaired) electrons. The highest BCUT2D eigenvalue weighted by atomic mass is 35.5. The molecule has 0 bridgehead atoms. The van der Waals surface area contributed by atoms with Crippen molar-refractivity contribution in [3.63, 3.8) is 0 Å². The lowest BCUT2D eigenvalue weighted by Gasteiger charge is -2.26. The lowest BCUT2D eigenvalue weighted by molar-refractivity contribution is -0.123. The van der Waals surface area contributed by atoms with Crippen LogP contribution in [0.25, 0.3) is 0 Å². The minimum absolute atomic E-state index is 0.00139. The smallest absolute Gasteiger partial charge is 0.332 e. The first-order valence-corrected chi connectivity index (χ1v) is 7.66. The topological polar surface area (TPSA) is 59.1 Å². The molecular weight excluding hydrogens is 339 g/mol. The fraction of sp³-hybridized carbons (Fsp3) is 0.375. The number of carbonyl (C=O) groups is 2. The maximum Gasteiger partial charge on any atom is 0.332 e. The Labute approximate surface area is 143 Å². The number of benzene rings is 1. The molecule has 2 aliphatic heterocycles. The number of ether oxygens (including phenoxy) is 2. The van der Waals surface area contributed by atoms with Crippen LogP contribution in [0.3, 0.4) is 0 Å². The molecule has 3 rings (SSSR count). The maximum atomic E-state index is 14.3. The van der Waals surface area contributed by atoms with Crippen LogP contribution in [0.4, 0.5) is 14.9 Å². The van der Waals surface area contributed by atoms with Gasteiger partial charge in [-0.05, 0) is 13.0 Å². The molecule has 1 aromatic carbocycles. The Bertz CT molecular complexity index is 724. The Hall–Kier alpha value is -2.30. The van der Waals surface area contributed by atoms with Gasteiger partial charge in [0.05, 0.1) is 23.9 Å². The van der Waals surface area contributed by atoms with Crippen LogP contribution >= 0.6 is 11.6 Å². The zero-order valence-electron chi connectivity index (χ0n) is 12.8. The molecule has 2 unspecified atom stereocenters. The van der Waals surface area contributed by atoms with E-state index < -0.39 is 29.9 Å². The van der Waals surface area contributed by atoms with E-state index in [2.05, 4.69) is 5.92 Å². The van der Waals surface area contributed by atoms with Crippen molar-refractivity contribution in [2.45, 2.75) is 19.1 Å². The van der Waals surface area contributed by atoms with Crippen LogP contribution < -0.4 is 9.64 Å². The van der Waals surface area contributed by atoms with Gasteiger partial charge in [-0.25, -0.2) is 14.1 Å². The molecule has 6 nitrogen and oxygen atoms in total. The quantitative estimate of drug-likeness (QED) is 0.617. The average Bonchev–Trinajstić information content (AvgIpc) is 2.82. The first-order valence-electron chi connectivity index (χ1n) is 7.28. The van der Waals surface area contributed by atoms with Crippen molar-refractivity contribution in [1.29, 1.82) is 0 Å². The SMILES string of the molecule is C#CC(C)Oc1cc(N2C(=O)C3COCCN3C2=O)c(F)cc1Cl. The molecule has 2 atom stereocenters. The first-order chi connectivity index (χ1) is 11.4. The number of terminal acetylenes is 1. The molecule has 24 heavy (non-hydrogen) atoms. The number of carbonyl (C=O) groups excluding carboxylic acids is 2. The van der Waals surface area contributed by atoms with Crippen LogP contribution in [0, 0.1) is 18.2 Å².